The van der Waals surface area contributed by atoms with Crippen LogP contribution in [0.1, 0.15) is 61.0 Å². The number of ether oxygens (including phenoxy) is 1. The number of hydrogen-bond donors (Lipinski definition) is 1. The zero-order chi connectivity index (χ0) is 16.8. The van der Waals surface area contributed by atoms with Crippen molar-refractivity contribution in [3.63, 3.8) is 0 Å². The van der Waals surface area contributed by atoms with E-state index in [4.69, 9.17) is 9.84 Å². The molecule has 1 aliphatic carbocycles. The van der Waals surface area contributed by atoms with Gasteiger partial charge >= 0.3 is 11.9 Å². The fourth-order valence-corrected chi connectivity index (χ4v) is 3.03. The predicted molar refractivity (Wildman–Crippen MR) is 88.6 cm³/mol. The molecule has 1 aromatic carbocycles. The molecule has 23 heavy (non-hydrogen) atoms. The Morgan fingerprint density at radius 3 is 2.74 bits per heavy atom. The molecule has 0 aromatic heterocycles. The summed E-state index contributed by atoms with van der Waals surface area (Å²) in [6.45, 7) is 4.90. The van der Waals surface area contributed by atoms with Crippen molar-refractivity contribution in [2.75, 3.05) is 6.61 Å². The highest BCUT2D eigenvalue weighted by molar-refractivity contribution is 5.88. The minimum atomic E-state index is -0.907. The van der Waals surface area contributed by atoms with Crippen LogP contribution in [0.2, 0.25) is 0 Å². The Hall–Kier alpha value is -1.84. The number of aryl methyl sites for hydroxylation is 1. The first-order valence-corrected chi connectivity index (χ1v) is 8.49. The summed E-state index contributed by atoms with van der Waals surface area (Å²) in [5.41, 5.74) is 2.43. The first-order chi connectivity index (χ1) is 11.0. The average molecular weight is 318 g/mol. The van der Waals surface area contributed by atoms with Crippen LogP contribution >= 0.6 is 0 Å². The minimum Gasteiger partial charge on any atom is -0.478 e. The Bertz CT molecular complexity index is 562. The second-order valence-corrected chi connectivity index (χ2v) is 6.79. The van der Waals surface area contributed by atoms with E-state index in [1.807, 2.05) is 6.07 Å². The predicted octanol–water partition coefficient (Wildman–Crippen LogP) is 3.86. The molecule has 4 heteroatoms. The van der Waals surface area contributed by atoms with E-state index < -0.39 is 5.97 Å². The number of hydrogen-bond acceptors (Lipinski definition) is 3. The van der Waals surface area contributed by atoms with Gasteiger partial charge in [-0.05, 0) is 61.3 Å². The molecule has 2 rings (SSSR count). The average Bonchev–Trinajstić information content (AvgIpc) is 2.52. The van der Waals surface area contributed by atoms with Crippen molar-refractivity contribution in [3.8, 4) is 0 Å². The van der Waals surface area contributed by atoms with Crippen molar-refractivity contribution in [3.05, 3.63) is 34.9 Å². The second kappa shape index (κ2) is 8.14. The van der Waals surface area contributed by atoms with Crippen LogP contribution < -0.4 is 0 Å². The molecule has 1 unspecified atom stereocenters. The molecule has 1 N–H and O–H groups in total. The van der Waals surface area contributed by atoms with Crippen molar-refractivity contribution in [1.82, 2.24) is 0 Å². The fourth-order valence-electron chi connectivity index (χ4n) is 3.03. The normalized spacial score (nSPS) is 16.9. The van der Waals surface area contributed by atoms with Crippen LogP contribution in [0, 0.1) is 11.8 Å². The van der Waals surface area contributed by atoms with Crippen molar-refractivity contribution in [2.45, 2.75) is 52.4 Å². The maximum atomic E-state index is 12.2. The zero-order valence-corrected chi connectivity index (χ0v) is 14.0. The van der Waals surface area contributed by atoms with Gasteiger partial charge < -0.3 is 9.84 Å². The highest BCUT2D eigenvalue weighted by atomic mass is 16.5. The van der Waals surface area contributed by atoms with E-state index in [1.54, 1.807) is 12.1 Å². The molecule has 0 heterocycles. The lowest BCUT2D eigenvalue weighted by Gasteiger charge is -2.23. The molecule has 126 valence electrons. The minimum absolute atomic E-state index is 0.0942. The number of benzene rings is 1. The molecule has 0 saturated carbocycles. The summed E-state index contributed by atoms with van der Waals surface area (Å²) in [4.78, 5) is 23.2. The summed E-state index contributed by atoms with van der Waals surface area (Å²) in [7, 11) is 0. The number of carbonyl (C=O) groups is 2. The highest BCUT2D eigenvalue weighted by Crippen LogP contribution is 2.27. The van der Waals surface area contributed by atoms with E-state index >= 15 is 0 Å². The zero-order valence-electron chi connectivity index (χ0n) is 14.0. The highest BCUT2D eigenvalue weighted by Gasteiger charge is 2.26. The summed E-state index contributed by atoms with van der Waals surface area (Å²) < 4.78 is 5.41. The molecule has 1 aliphatic rings. The molecule has 1 aromatic rings. The largest absolute Gasteiger partial charge is 0.478 e. The smallest absolute Gasteiger partial charge is 0.335 e. The van der Waals surface area contributed by atoms with Gasteiger partial charge in [0, 0.05) is 0 Å². The molecule has 0 radical (unpaired) electrons. The molecule has 4 nitrogen and oxygen atoms in total. The summed E-state index contributed by atoms with van der Waals surface area (Å²) in [5.74, 6) is -0.419. The third-order valence-electron chi connectivity index (χ3n) is 4.44. The van der Waals surface area contributed by atoms with Crippen LogP contribution in [0.15, 0.2) is 18.2 Å². The first-order valence-electron chi connectivity index (χ1n) is 8.49. The second-order valence-electron chi connectivity index (χ2n) is 6.79. The summed E-state index contributed by atoms with van der Waals surface area (Å²) in [6.07, 6.45) is 5.32. The summed E-state index contributed by atoms with van der Waals surface area (Å²) >= 11 is 0. The van der Waals surface area contributed by atoms with E-state index in [0.29, 0.717) is 24.5 Å². The van der Waals surface area contributed by atoms with Gasteiger partial charge in [-0.1, -0.05) is 26.3 Å². The number of unbranched alkanes of at least 4 members (excludes halogenated alkanes) is 1. The van der Waals surface area contributed by atoms with Crippen LogP contribution in [-0.4, -0.2) is 23.7 Å². The van der Waals surface area contributed by atoms with Crippen molar-refractivity contribution < 1.29 is 19.4 Å². The summed E-state index contributed by atoms with van der Waals surface area (Å²) in [5, 5.41) is 9.03. The lowest BCUT2D eigenvalue weighted by atomic mass is 9.83. The molecule has 0 saturated heterocycles. The fraction of sp³-hybridized carbons (Fsp3) is 0.579. The maximum Gasteiger partial charge on any atom is 0.335 e. The number of aromatic carboxylic acids is 1. The number of fused-ring (bicyclic) bond motifs is 1. The number of esters is 1. The SMILES string of the molecule is CC(C)CCCCOC(=O)C1CCc2cc(C(=O)O)ccc2C1. The van der Waals surface area contributed by atoms with Gasteiger partial charge in [0.25, 0.3) is 0 Å². The van der Waals surface area contributed by atoms with Crippen LogP contribution in [0.25, 0.3) is 0 Å². The van der Waals surface area contributed by atoms with Crippen LogP contribution in [0.3, 0.4) is 0 Å². The molecule has 0 fully saturated rings. The van der Waals surface area contributed by atoms with Gasteiger partial charge in [-0.3, -0.25) is 4.79 Å². The lowest BCUT2D eigenvalue weighted by Crippen LogP contribution is -2.25. The van der Waals surface area contributed by atoms with Gasteiger partial charge in [0.05, 0.1) is 18.1 Å². The van der Waals surface area contributed by atoms with E-state index in [0.717, 1.165) is 36.8 Å². The Kier molecular flexibility index (Phi) is 6.20. The quantitative estimate of drug-likeness (QED) is 0.612. The number of carbonyl (C=O) groups excluding carboxylic acids is 1. The van der Waals surface area contributed by atoms with E-state index in [2.05, 4.69) is 13.8 Å². The topological polar surface area (TPSA) is 63.6 Å². The van der Waals surface area contributed by atoms with Gasteiger partial charge in [-0.2, -0.15) is 0 Å². The van der Waals surface area contributed by atoms with Crippen LogP contribution in [0.4, 0.5) is 0 Å². The van der Waals surface area contributed by atoms with E-state index in [9.17, 15) is 9.59 Å². The molecule has 0 aliphatic heterocycles. The lowest BCUT2D eigenvalue weighted by molar-refractivity contribution is -0.149. The molecular formula is C19H26O4. The molecule has 0 spiro atoms. The van der Waals surface area contributed by atoms with Crippen molar-refractivity contribution in [1.29, 1.82) is 0 Å². The molecule has 0 bridgehead atoms. The standard InChI is InChI=1S/C19H26O4/c1-13(2)5-3-4-10-23-19(22)17-9-7-14-11-16(18(20)21)8-6-15(14)12-17/h6,8,11,13,17H,3-5,7,9-10,12H2,1-2H3,(H,20,21). The van der Waals surface area contributed by atoms with Crippen molar-refractivity contribution >= 4 is 11.9 Å². The molecular weight excluding hydrogens is 292 g/mol. The first kappa shape index (κ1) is 17.5. The van der Waals surface area contributed by atoms with Gasteiger partial charge in [-0.25, -0.2) is 4.79 Å². The number of carboxylic acids is 1. The Morgan fingerprint density at radius 1 is 1.26 bits per heavy atom. The third-order valence-corrected chi connectivity index (χ3v) is 4.44. The Labute approximate surface area is 137 Å². The van der Waals surface area contributed by atoms with Gasteiger partial charge in [0.1, 0.15) is 0 Å². The Balaban J connectivity index is 1.82. The maximum absolute atomic E-state index is 12.2. The van der Waals surface area contributed by atoms with Gasteiger partial charge in [0.15, 0.2) is 0 Å². The monoisotopic (exact) mass is 318 g/mol. The Morgan fingerprint density at radius 2 is 2.04 bits per heavy atom. The third kappa shape index (κ3) is 5.08. The van der Waals surface area contributed by atoms with E-state index in [1.165, 1.54) is 6.42 Å². The van der Waals surface area contributed by atoms with Crippen LogP contribution in [-0.2, 0) is 22.4 Å². The van der Waals surface area contributed by atoms with E-state index in [-0.39, 0.29) is 11.9 Å². The number of carboxylic acid groups (broad SMARTS) is 1. The van der Waals surface area contributed by atoms with Gasteiger partial charge in [-0.15, -0.1) is 0 Å². The summed E-state index contributed by atoms with van der Waals surface area (Å²) in [6, 6.07) is 5.17. The molecule has 0 amide bonds. The van der Waals surface area contributed by atoms with Crippen LogP contribution in [0.5, 0.6) is 0 Å². The number of rotatable bonds is 7. The van der Waals surface area contributed by atoms with Gasteiger partial charge in [0.2, 0.25) is 0 Å². The molecule has 1 atom stereocenters. The van der Waals surface area contributed by atoms with Crippen molar-refractivity contribution in [2.24, 2.45) is 11.8 Å².